The van der Waals surface area contributed by atoms with Gasteiger partial charge in [-0.2, -0.15) is 0 Å². The van der Waals surface area contributed by atoms with E-state index >= 15 is 0 Å². The lowest BCUT2D eigenvalue weighted by atomic mass is 10.1. The van der Waals surface area contributed by atoms with Crippen LogP contribution < -0.4 is 4.90 Å². The molecule has 1 fully saturated rings. The van der Waals surface area contributed by atoms with Crippen LogP contribution >= 0.6 is 24.8 Å². The van der Waals surface area contributed by atoms with Crippen molar-refractivity contribution in [3.05, 3.63) is 30.3 Å². The standard InChI is InChI=1S/C18H24N4.2ClH/c1-21(2)18-13-16(14-9-6-7-10-15(14)19-18)20-17-11-5-4-8-12-22(17)3;;/h6-7,9-10,13H,4-5,8,11-12H2,1-3H3;2*1H. The van der Waals surface area contributed by atoms with Crippen molar-refractivity contribution >= 4 is 53.1 Å². The summed E-state index contributed by atoms with van der Waals surface area (Å²) >= 11 is 0. The molecule has 1 aliphatic rings. The SMILES string of the molecule is CN1CCCCCC1=Nc1cc(N(C)C)nc2ccccc12.Cl.Cl. The normalized spacial score (nSPS) is 16.3. The third kappa shape index (κ3) is 4.52. The van der Waals surface area contributed by atoms with E-state index < -0.39 is 0 Å². The van der Waals surface area contributed by atoms with E-state index in [1.165, 1.54) is 25.1 Å². The van der Waals surface area contributed by atoms with Crippen molar-refractivity contribution in [1.29, 1.82) is 0 Å². The lowest BCUT2D eigenvalue weighted by Crippen LogP contribution is -2.25. The van der Waals surface area contributed by atoms with Gasteiger partial charge in [-0.1, -0.05) is 24.6 Å². The van der Waals surface area contributed by atoms with E-state index in [1.807, 2.05) is 25.1 Å². The third-order valence-electron chi connectivity index (χ3n) is 4.22. The van der Waals surface area contributed by atoms with Gasteiger partial charge >= 0.3 is 0 Å². The van der Waals surface area contributed by atoms with Crippen molar-refractivity contribution in [2.75, 3.05) is 32.6 Å². The fourth-order valence-electron chi connectivity index (χ4n) is 2.87. The van der Waals surface area contributed by atoms with Gasteiger partial charge in [0.05, 0.1) is 11.2 Å². The molecule has 0 N–H and O–H groups in total. The molecule has 1 aromatic carbocycles. The molecule has 2 heterocycles. The Kier molecular flexibility index (Phi) is 7.77. The first-order chi connectivity index (χ1) is 10.6. The summed E-state index contributed by atoms with van der Waals surface area (Å²) in [5.41, 5.74) is 2.03. The van der Waals surface area contributed by atoms with E-state index in [0.29, 0.717) is 0 Å². The average molecular weight is 369 g/mol. The number of aliphatic imine (C=N–C) groups is 1. The molecule has 0 saturated carbocycles. The number of rotatable bonds is 2. The summed E-state index contributed by atoms with van der Waals surface area (Å²) < 4.78 is 0. The minimum absolute atomic E-state index is 0. The summed E-state index contributed by atoms with van der Waals surface area (Å²) in [6.45, 7) is 1.10. The highest BCUT2D eigenvalue weighted by molar-refractivity contribution is 5.95. The summed E-state index contributed by atoms with van der Waals surface area (Å²) in [7, 11) is 6.19. The van der Waals surface area contributed by atoms with Crippen LogP contribution in [0, 0.1) is 0 Å². The van der Waals surface area contributed by atoms with Crippen LogP contribution in [0.15, 0.2) is 35.3 Å². The predicted molar refractivity (Wildman–Crippen MR) is 109 cm³/mol. The first-order valence-corrected chi connectivity index (χ1v) is 8.01. The van der Waals surface area contributed by atoms with Gasteiger partial charge < -0.3 is 9.80 Å². The van der Waals surface area contributed by atoms with Crippen molar-refractivity contribution in [2.45, 2.75) is 25.7 Å². The number of likely N-dealkylation sites (tertiary alicyclic amines) is 1. The second-order valence-corrected chi connectivity index (χ2v) is 6.17. The Balaban J connectivity index is 0.00000144. The summed E-state index contributed by atoms with van der Waals surface area (Å²) in [6.07, 6.45) is 4.84. The zero-order chi connectivity index (χ0) is 15.5. The minimum atomic E-state index is 0. The first kappa shape index (κ1) is 20.5. The summed E-state index contributed by atoms with van der Waals surface area (Å²) in [5, 5.41) is 1.12. The Bertz CT molecular complexity index is 700. The van der Waals surface area contributed by atoms with E-state index in [4.69, 9.17) is 9.98 Å². The minimum Gasteiger partial charge on any atom is -0.363 e. The number of anilines is 1. The van der Waals surface area contributed by atoms with Crippen molar-refractivity contribution in [3.63, 3.8) is 0 Å². The van der Waals surface area contributed by atoms with Gasteiger partial charge in [-0.05, 0) is 18.9 Å². The molecule has 24 heavy (non-hydrogen) atoms. The Morgan fingerprint density at radius 3 is 2.58 bits per heavy atom. The van der Waals surface area contributed by atoms with E-state index in [9.17, 15) is 0 Å². The maximum Gasteiger partial charge on any atom is 0.130 e. The molecular weight excluding hydrogens is 343 g/mol. The smallest absolute Gasteiger partial charge is 0.130 e. The molecule has 1 saturated heterocycles. The van der Waals surface area contributed by atoms with Gasteiger partial charge in [0, 0.05) is 45.6 Å². The first-order valence-electron chi connectivity index (χ1n) is 8.01. The number of hydrogen-bond donors (Lipinski definition) is 0. The molecule has 1 aliphatic heterocycles. The summed E-state index contributed by atoms with van der Waals surface area (Å²) in [4.78, 5) is 14.1. The number of hydrogen-bond acceptors (Lipinski definition) is 3. The number of benzene rings is 1. The van der Waals surface area contributed by atoms with Gasteiger partial charge in [0.25, 0.3) is 0 Å². The van der Waals surface area contributed by atoms with Crippen LogP contribution in [0.25, 0.3) is 10.9 Å². The lowest BCUT2D eigenvalue weighted by Gasteiger charge is -2.19. The molecule has 132 valence electrons. The van der Waals surface area contributed by atoms with Crippen molar-refractivity contribution in [2.24, 2.45) is 4.99 Å². The summed E-state index contributed by atoms with van der Waals surface area (Å²) in [5.74, 6) is 2.15. The predicted octanol–water partition coefficient (Wildman–Crippen LogP) is 4.68. The van der Waals surface area contributed by atoms with Gasteiger partial charge in [0.15, 0.2) is 0 Å². The highest BCUT2D eigenvalue weighted by Crippen LogP contribution is 2.29. The number of para-hydroxylation sites is 1. The van der Waals surface area contributed by atoms with E-state index in [0.717, 1.165) is 35.4 Å². The second-order valence-electron chi connectivity index (χ2n) is 6.17. The molecular formula is C18H26Cl2N4. The highest BCUT2D eigenvalue weighted by Gasteiger charge is 2.13. The number of nitrogens with zero attached hydrogens (tertiary/aromatic N) is 4. The van der Waals surface area contributed by atoms with Crippen molar-refractivity contribution in [3.8, 4) is 0 Å². The van der Waals surface area contributed by atoms with Gasteiger partial charge in [0.2, 0.25) is 0 Å². The molecule has 0 amide bonds. The molecule has 0 atom stereocenters. The van der Waals surface area contributed by atoms with E-state index in [2.05, 4.69) is 36.2 Å². The van der Waals surface area contributed by atoms with Gasteiger partial charge in [-0.3, -0.25) is 0 Å². The second kappa shape index (κ2) is 9.09. The molecule has 3 rings (SSSR count). The maximum absolute atomic E-state index is 5.01. The third-order valence-corrected chi connectivity index (χ3v) is 4.22. The fourth-order valence-corrected chi connectivity index (χ4v) is 2.87. The topological polar surface area (TPSA) is 31.7 Å². The number of amidine groups is 1. The Labute approximate surface area is 156 Å². The average Bonchev–Trinajstić information content (AvgIpc) is 2.72. The molecule has 0 aliphatic carbocycles. The van der Waals surface area contributed by atoms with Gasteiger partial charge in [-0.15, -0.1) is 24.8 Å². The molecule has 0 bridgehead atoms. The Morgan fingerprint density at radius 1 is 1.08 bits per heavy atom. The molecule has 4 nitrogen and oxygen atoms in total. The molecule has 6 heteroatoms. The Hall–Kier alpha value is -1.52. The Morgan fingerprint density at radius 2 is 1.83 bits per heavy atom. The van der Waals surface area contributed by atoms with Crippen molar-refractivity contribution < 1.29 is 0 Å². The largest absolute Gasteiger partial charge is 0.363 e. The molecule has 0 radical (unpaired) electrons. The van der Waals surface area contributed by atoms with Crippen LogP contribution in [0.3, 0.4) is 0 Å². The quantitative estimate of drug-likeness (QED) is 0.770. The zero-order valence-electron chi connectivity index (χ0n) is 14.5. The van der Waals surface area contributed by atoms with Crippen molar-refractivity contribution in [1.82, 2.24) is 9.88 Å². The van der Waals surface area contributed by atoms with E-state index in [-0.39, 0.29) is 24.8 Å². The molecule has 1 aromatic heterocycles. The summed E-state index contributed by atoms with van der Waals surface area (Å²) in [6, 6.07) is 10.3. The monoisotopic (exact) mass is 368 g/mol. The molecule has 2 aromatic rings. The number of pyridine rings is 1. The van der Waals surface area contributed by atoms with Crippen LogP contribution in [0.4, 0.5) is 11.5 Å². The van der Waals surface area contributed by atoms with Crippen LogP contribution in [-0.4, -0.2) is 43.4 Å². The molecule has 0 spiro atoms. The fraction of sp³-hybridized carbons (Fsp3) is 0.444. The number of fused-ring (bicyclic) bond motifs is 1. The highest BCUT2D eigenvalue weighted by atomic mass is 35.5. The van der Waals surface area contributed by atoms with Crippen LogP contribution in [0.1, 0.15) is 25.7 Å². The van der Waals surface area contributed by atoms with E-state index in [1.54, 1.807) is 0 Å². The van der Waals surface area contributed by atoms with Gasteiger partial charge in [-0.25, -0.2) is 9.98 Å². The van der Waals surface area contributed by atoms with Crippen LogP contribution in [0.5, 0.6) is 0 Å². The number of halogens is 2. The maximum atomic E-state index is 5.01. The molecule has 0 unspecified atom stereocenters. The van der Waals surface area contributed by atoms with Gasteiger partial charge in [0.1, 0.15) is 11.7 Å². The van der Waals surface area contributed by atoms with Crippen LogP contribution in [0.2, 0.25) is 0 Å². The number of aromatic nitrogens is 1. The lowest BCUT2D eigenvalue weighted by molar-refractivity contribution is 0.494. The van der Waals surface area contributed by atoms with Crippen LogP contribution in [-0.2, 0) is 0 Å². The zero-order valence-corrected chi connectivity index (χ0v) is 16.2.